The van der Waals surface area contributed by atoms with Crippen molar-refractivity contribution in [3.8, 4) is 0 Å². The quantitative estimate of drug-likeness (QED) is 0.898. The van der Waals surface area contributed by atoms with Crippen molar-refractivity contribution in [1.29, 1.82) is 0 Å². The molecule has 2 rings (SSSR count). The summed E-state index contributed by atoms with van der Waals surface area (Å²) in [5.74, 6) is 0.553. The van der Waals surface area contributed by atoms with Gasteiger partial charge in [0.05, 0.1) is 0 Å². The summed E-state index contributed by atoms with van der Waals surface area (Å²) >= 11 is 0. The van der Waals surface area contributed by atoms with Gasteiger partial charge in [-0.05, 0) is 30.7 Å². The Morgan fingerprint density at radius 3 is 2.89 bits per heavy atom. The number of amides is 1. The lowest BCUT2D eigenvalue weighted by molar-refractivity contribution is 0.0614. The molecule has 1 N–H and O–H groups in total. The third kappa shape index (κ3) is 2.97. The fourth-order valence-corrected chi connectivity index (χ4v) is 2.69. The number of nitrogens with zero attached hydrogens (tertiary/aromatic N) is 3. The van der Waals surface area contributed by atoms with Crippen molar-refractivity contribution < 1.29 is 9.90 Å². The molecule has 19 heavy (non-hydrogen) atoms. The van der Waals surface area contributed by atoms with Crippen LogP contribution in [0.5, 0.6) is 0 Å². The molecule has 1 saturated heterocycles. The van der Waals surface area contributed by atoms with Crippen LogP contribution in [0.3, 0.4) is 0 Å². The Morgan fingerprint density at radius 2 is 2.32 bits per heavy atom. The van der Waals surface area contributed by atoms with Crippen LogP contribution in [0, 0.1) is 5.92 Å². The first-order valence-electron chi connectivity index (χ1n) is 6.97. The second kappa shape index (κ2) is 5.74. The van der Waals surface area contributed by atoms with Gasteiger partial charge in [0.1, 0.15) is 0 Å². The number of rotatable bonds is 3. The average Bonchev–Trinajstić information content (AvgIpc) is 2.80. The van der Waals surface area contributed by atoms with E-state index in [9.17, 15) is 9.90 Å². The number of aromatic nitrogens is 2. The maximum atomic E-state index is 12.4. The lowest BCUT2D eigenvalue weighted by Crippen LogP contribution is -2.41. The van der Waals surface area contributed by atoms with Gasteiger partial charge in [-0.15, -0.1) is 0 Å². The summed E-state index contributed by atoms with van der Waals surface area (Å²) in [7, 11) is 1.87. The van der Waals surface area contributed by atoms with Crippen LogP contribution in [0.15, 0.2) is 6.07 Å². The van der Waals surface area contributed by atoms with E-state index in [0.29, 0.717) is 18.2 Å². The van der Waals surface area contributed by atoms with Crippen LogP contribution in [-0.2, 0) is 7.05 Å². The number of aliphatic hydroxyl groups is 1. The second-order valence-corrected chi connectivity index (χ2v) is 5.67. The van der Waals surface area contributed by atoms with Crippen molar-refractivity contribution >= 4 is 5.91 Å². The number of carbonyl (C=O) groups is 1. The molecular formula is C14H23N3O2. The zero-order valence-electron chi connectivity index (χ0n) is 12.0. The number of hydrogen-bond donors (Lipinski definition) is 1. The van der Waals surface area contributed by atoms with E-state index in [1.807, 2.05) is 18.0 Å². The van der Waals surface area contributed by atoms with Gasteiger partial charge in [-0.1, -0.05) is 13.8 Å². The maximum absolute atomic E-state index is 12.4. The molecule has 1 aromatic rings. The van der Waals surface area contributed by atoms with Gasteiger partial charge < -0.3 is 10.0 Å². The van der Waals surface area contributed by atoms with Crippen molar-refractivity contribution in [2.24, 2.45) is 13.0 Å². The van der Waals surface area contributed by atoms with Gasteiger partial charge in [-0.3, -0.25) is 9.48 Å². The SMILES string of the molecule is CC(C)c1cc(C(=O)N2CCCC(CO)C2)nn1C. The number of likely N-dealkylation sites (tertiary alicyclic amines) is 1. The number of carbonyl (C=O) groups excluding carboxylic acids is 1. The smallest absolute Gasteiger partial charge is 0.274 e. The Morgan fingerprint density at radius 1 is 1.58 bits per heavy atom. The first-order chi connectivity index (χ1) is 9.02. The standard InChI is InChI=1S/C14H23N3O2/c1-10(2)13-7-12(15-16(13)3)14(19)17-6-4-5-11(8-17)9-18/h7,10-11,18H,4-6,8-9H2,1-3H3. The van der Waals surface area contributed by atoms with E-state index in [1.165, 1.54) is 0 Å². The molecule has 1 atom stereocenters. The molecule has 1 aliphatic heterocycles. The highest BCUT2D eigenvalue weighted by Gasteiger charge is 2.26. The Hall–Kier alpha value is -1.36. The van der Waals surface area contributed by atoms with Crippen LogP contribution in [0.2, 0.25) is 0 Å². The zero-order valence-corrected chi connectivity index (χ0v) is 12.0. The van der Waals surface area contributed by atoms with E-state index in [1.54, 1.807) is 4.68 Å². The molecule has 1 aromatic heterocycles. The normalized spacial score (nSPS) is 20.1. The van der Waals surface area contributed by atoms with Crippen LogP contribution in [0.1, 0.15) is 48.8 Å². The van der Waals surface area contributed by atoms with Gasteiger partial charge in [0.15, 0.2) is 5.69 Å². The van der Waals surface area contributed by atoms with Gasteiger partial charge in [0, 0.05) is 32.4 Å². The van der Waals surface area contributed by atoms with E-state index >= 15 is 0 Å². The van der Waals surface area contributed by atoms with E-state index < -0.39 is 0 Å². The summed E-state index contributed by atoms with van der Waals surface area (Å²) in [5.41, 5.74) is 1.59. The Labute approximate surface area is 114 Å². The van der Waals surface area contributed by atoms with Crippen LogP contribution < -0.4 is 0 Å². The summed E-state index contributed by atoms with van der Waals surface area (Å²) in [5, 5.41) is 13.5. The Kier molecular flexibility index (Phi) is 4.24. The third-order valence-corrected chi connectivity index (χ3v) is 3.79. The lowest BCUT2D eigenvalue weighted by Gasteiger charge is -2.31. The van der Waals surface area contributed by atoms with Crippen molar-refractivity contribution in [2.75, 3.05) is 19.7 Å². The van der Waals surface area contributed by atoms with Crippen molar-refractivity contribution in [3.05, 3.63) is 17.5 Å². The minimum atomic E-state index is -0.0133. The summed E-state index contributed by atoms with van der Waals surface area (Å²) in [6, 6.07) is 1.88. The second-order valence-electron chi connectivity index (χ2n) is 5.67. The minimum absolute atomic E-state index is 0.0133. The van der Waals surface area contributed by atoms with Gasteiger partial charge in [0.25, 0.3) is 5.91 Å². The molecule has 0 saturated carbocycles. The number of hydrogen-bond acceptors (Lipinski definition) is 3. The molecule has 0 spiro atoms. The molecular weight excluding hydrogens is 242 g/mol. The number of aliphatic hydroxyl groups excluding tert-OH is 1. The van der Waals surface area contributed by atoms with Crippen LogP contribution in [0.25, 0.3) is 0 Å². The number of piperidine rings is 1. The van der Waals surface area contributed by atoms with Gasteiger partial charge in [-0.2, -0.15) is 5.10 Å². The molecule has 1 fully saturated rings. The highest BCUT2D eigenvalue weighted by atomic mass is 16.3. The zero-order chi connectivity index (χ0) is 14.0. The molecule has 1 amide bonds. The van der Waals surface area contributed by atoms with E-state index in [0.717, 1.165) is 25.1 Å². The predicted molar refractivity (Wildman–Crippen MR) is 73.0 cm³/mol. The Bertz CT molecular complexity index is 454. The van der Waals surface area contributed by atoms with E-state index in [4.69, 9.17) is 0 Å². The molecule has 5 heteroatoms. The van der Waals surface area contributed by atoms with Crippen LogP contribution in [-0.4, -0.2) is 45.4 Å². The van der Waals surface area contributed by atoms with Crippen molar-refractivity contribution in [3.63, 3.8) is 0 Å². The minimum Gasteiger partial charge on any atom is -0.396 e. The summed E-state index contributed by atoms with van der Waals surface area (Å²) < 4.78 is 1.78. The topological polar surface area (TPSA) is 58.4 Å². The molecule has 0 radical (unpaired) electrons. The average molecular weight is 265 g/mol. The maximum Gasteiger partial charge on any atom is 0.274 e. The highest BCUT2D eigenvalue weighted by Crippen LogP contribution is 2.20. The fraction of sp³-hybridized carbons (Fsp3) is 0.714. The summed E-state index contributed by atoms with van der Waals surface area (Å²) in [6.45, 7) is 5.75. The monoisotopic (exact) mass is 265 g/mol. The molecule has 106 valence electrons. The molecule has 1 aliphatic rings. The molecule has 2 heterocycles. The van der Waals surface area contributed by atoms with Crippen LogP contribution >= 0.6 is 0 Å². The lowest BCUT2D eigenvalue weighted by atomic mass is 9.99. The summed E-state index contributed by atoms with van der Waals surface area (Å²) in [4.78, 5) is 14.2. The molecule has 1 unspecified atom stereocenters. The van der Waals surface area contributed by atoms with Crippen LogP contribution in [0.4, 0.5) is 0 Å². The molecule has 0 aliphatic carbocycles. The predicted octanol–water partition coefficient (Wildman–Crippen LogP) is 1.39. The van der Waals surface area contributed by atoms with Gasteiger partial charge >= 0.3 is 0 Å². The third-order valence-electron chi connectivity index (χ3n) is 3.79. The largest absolute Gasteiger partial charge is 0.396 e. The summed E-state index contributed by atoms with van der Waals surface area (Å²) in [6.07, 6.45) is 1.96. The Balaban J connectivity index is 2.13. The molecule has 0 bridgehead atoms. The first kappa shape index (κ1) is 14.1. The molecule has 5 nitrogen and oxygen atoms in total. The highest BCUT2D eigenvalue weighted by molar-refractivity contribution is 5.92. The fourth-order valence-electron chi connectivity index (χ4n) is 2.69. The van der Waals surface area contributed by atoms with Gasteiger partial charge in [0.2, 0.25) is 0 Å². The van der Waals surface area contributed by atoms with Crippen molar-refractivity contribution in [2.45, 2.75) is 32.6 Å². The van der Waals surface area contributed by atoms with Gasteiger partial charge in [-0.25, -0.2) is 0 Å². The van der Waals surface area contributed by atoms with Crippen molar-refractivity contribution in [1.82, 2.24) is 14.7 Å². The number of aryl methyl sites for hydroxylation is 1. The first-order valence-corrected chi connectivity index (χ1v) is 6.97. The van der Waals surface area contributed by atoms with E-state index in [-0.39, 0.29) is 18.4 Å². The van der Waals surface area contributed by atoms with E-state index in [2.05, 4.69) is 18.9 Å². The molecule has 0 aromatic carbocycles.